The van der Waals surface area contributed by atoms with Gasteiger partial charge in [-0.1, -0.05) is 0 Å². The van der Waals surface area contributed by atoms with Crippen LogP contribution >= 0.6 is 0 Å². The summed E-state index contributed by atoms with van der Waals surface area (Å²) in [5, 5.41) is 13.8. The summed E-state index contributed by atoms with van der Waals surface area (Å²) in [5.41, 5.74) is -0.0752. The number of nitro benzene ring substituents is 1. The molecule has 0 saturated heterocycles. The van der Waals surface area contributed by atoms with E-state index in [9.17, 15) is 14.9 Å². The highest BCUT2D eigenvalue weighted by atomic mass is 16.6. The number of methoxy groups -OCH3 is 1. The molecule has 0 aliphatic carbocycles. The number of hydrogen-bond donors (Lipinski definition) is 1. The van der Waals surface area contributed by atoms with Crippen molar-refractivity contribution in [3.8, 4) is 5.75 Å². The number of aryl methyl sites for hydroxylation is 1. The van der Waals surface area contributed by atoms with E-state index in [0.29, 0.717) is 12.3 Å². The summed E-state index contributed by atoms with van der Waals surface area (Å²) in [7, 11) is 1.42. The minimum absolute atomic E-state index is 0.0839. The minimum atomic E-state index is -0.552. The third-order valence-corrected chi connectivity index (χ3v) is 3.91. The van der Waals surface area contributed by atoms with Crippen molar-refractivity contribution in [2.45, 2.75) is 33.4 Å². The van der Waals surface area contributed by atoms with Crippen LogP contribution in [0, 0.1) is 17.0 Å². The lowest BCUT2D eigenvalue weighted by Crippen LogP contribution is -2.37. The number of ether oxygens (including phenoxy) is 1. The van der Waals surface area contributed by atoms with E-state index >= 15 is 0 Å². The fraction of sp³-hybridized carbons (Fsp3) is 0.389. The Labute approximate surface area is 151 Å². The summed E-state index contributed by atoms with van der Waals surface area (Å²) in [6.07, 6.45) is 0. The molecule has 8 heteroatoms. The zero-order chi connectivity index (χ0) is 19.3. The summed E-state index contributed by atoms with van der Waals surface area (Å²) in [4.78, 5) is 25.0. The van der Waals surface area contributed by atoms with Gasteiger partial charge in [0.1, 0.15) is 23.0 Å². The molecule has 0 aliphatic rings. The van der Waals surface area contributed by atoms with Crippen LogP contribution in [-0.2, 0) is 11.3 Å². The molecule has 1 aromatic heterocycles. The van der Waals surface area contributed by atoms with Gasteiger partial charge in [-0.3, -0.25) is 19.8 Å². The molecule has 1 N–H and O–H groups in total. The van der Waals surface area contributed by atoms with E-state index in [2.05, 4.69) is 5.32 Å². The Morgan fingerprint density at radius 3 is 2.62 bits per heavy atom. The van der Waals surface area contributed by atoms with Crippen molar-refractivity contribution in [2.24, 2.45) is 0 Å². The number of carbonyl (C=O) groups is 1. The van der Waals surface area contributed by atoms with Crippen molar-refractivity contribution in [1.82, 2.24) is 4.90 Å². The Bertz CT molecular complexity index is 785. The number of furan rings is 1. The first-order valence-electron chi connectivity index (χ1n) is 8.21. The molecule has 0 spiro atoms. The Hall–Kier alpha value is -2.87. The molecule has 0 bridgehead atoms. The monoisotopic (exact) mass is 361 g/mol. The summed E-state index contributed by atoms with van der Waals surface area (Å²) in [5.74, 6) is 1.59. The van der Waals surface area contributed by atoms with Gasteiger partial charge in [-0.25, -0.2) is 0 Å². The van der Waals surface area contributed by atoms with Gasteiger partial charge in [0, 0.05) is 6.04 Å². The van der Waals surface area contributed by atoms with Crippen LogP contribution in [0.15, 0.2) is 34.7 Å². The van der Waals surface area contributed by atoms with Crippen molar-refractivity contribution in [1.29, 1.82) is 0 Å². The Morgan fingerprint density at radius 1 is 1.35 bits per heavy atom. The second-order valence-corrected chi connectivity index (χ2v) is 6.20. The van der Waals surface area contributed by atoms with Crippen LogP contribution < -0.4 is 10.1 Å². The molecule has 2 rings (SSSR count). The second-order valence-electron chi connectivity index (χ2n) is 6.20. The van der Waals surface area contributed by atoms with Gasteiger partial charge in [-0.05, 0) is 45.0 Å². The predicted octanol–water partition coefficient (Wildman–Crippen LogP) is 3.35. The maximum absolute atomic E-state index is 12.4. The smallest absolute Gasteiger partial charge is 0.296 e. The van der Waals surface area contributed by atoms with E-state index < -0.39 is 4.92 Å². The Kier molecular flexibility index (Phi) is 6.35. The number of nitrogens with zero attached hydrogens (tertiary/aromatic N) is 2. The van der Waals surface area contributed by atoms with E-state index in [1.54, 1.807) is 6.07 Å². The van der Waals surface area contributed by atoms with Gasteiger partial charge in [0.2, 0.25) is 5.91 Å². The molecule has 1 amide bonds. The third-order valence-electron chi connectivity index (χ3n) is 3.91. The topological polar surface area (TPSA) is 97.8 Å². The van der Waals surface area contributed by atoms with E-state index in [0.717, 1.165) is 11.5 Å². The van der Waals surface area contributed by atoms with E-state index in [1.807, 2.05) is 37.8 Å². The molecule has 0 unspecified atom stereocenters. The lowest BCUT2D eigenvalue weighted by atomic mass is 10.2. The molecule has 26 heavy (non-hydrogen) atoms. The number of nitrogens with one attached hydrogen (secondary N) is 1. The number of carbonyl (C=O) groups excluding carboxylic acids is 1. The zero-order valence-electron chi connectivity index (χ0n) is 15.3. The van der Waals surface area contributed by atoms with Gasteiger partial charge in [0.15, 0.2) is 0 Å². The number of nitro groups is 1. The molecule has 8 nitrogen and oxygen atoms in total. The normalized spacial score (nSPS) is 11.0. The largest absolute Gasteiger partial charge is 0.496 e. The molecule has 1 aromatic carbocycles. The van der Waals surface area contributed by atoms with E-state index in [1.165, 1.54) is 19.2 Å². The highest BCUT2D eigenvalue weighted by Gasteiger charge is 2.20. The molecule has 0 radical (unpaired) electrons. The Balaban J connectivity index is 2.09. The van der Waals surface area contributed by atoms with Gasteiger partial charge in [-0.2, -0.15) is 0 Å². The number of hydrogen-bond acceptors (Lipinski definition) is 6. The van der Waals surface area contributed by atoms with Gasteiger partial charge >= 0.3 is 0 Å². The predicted molar refractivity (Wildman–Crippen MR) is 97.3 cm³/mol. The third kappa shape index (κ3) is 5.06. The summed E-state index contributed by atoms with van der Waals surface area (Å²) >= 11 is 0. The first kappa shape index (κ1) is 19.5. The van der Waals surface area contributed by atoms with Crippen LogP contribution in [0.5, 0.6) is 5.75 Å². The average Bonchev–Trinajstić information content (AvgIpc) is 2.99. The van der Waals surface area contributed by atoms with Gasteiger partial charge in [0.25, 0.3) is 5.69 Å². The highest BCUT2D eigenvalue weighted by Crippen LogP contribution is 2.29. The number of benzene rings is 1. The molecule has 2 aromatic rings. The summed E-state index contributed by atoms with van der Waals surface area (Å²) in [6.45, 7) is 6.36. The Morgan fingerprint density at radius 2 is 2.08 bits per heavy atom. The number of rotatable bonds is 8. The van der Waals surface area contributed by atoms with Crippen LogP contribution in [0.1, 0.15) is 25.4 Å². The van der Waals surface area contributed by atoms with Crippen molar-refractivity contribution < 1.29 is 18.9 Å². The van der Waals surface area contributed by atoms with Gasteiger partial charge < -0.3 is 14.5 Å². The van der Waals surface area contributed by atoms with Crippen LogP contribution in [0.2, 0.25) is 0 Å². The summed E-state index contributed by atoms with van der Waals surface area (Å²) < 4.78 is 10.6. The molecular formula is C18H23N3O5. The molecule has 0 fully saturated rings. The first-order valence-corrected chi connectivity index (χ1v) is 8.21. The molecule has 140 valence electrons. The van der Waals surface area contributed by atoms with Crippen molar-refractivity contribution >= 4 is 17.3 Å². The maximum atomic E-state index is 12.4. The zero-order valence-corrected chi connectivity index (χ0v) is 15.3. The molecule has 1 heterocycles. The van der Waals surface area contributed by atoms with E-state index in [4.69, 9.17) is 9.15 Å². The second kappa shape index (κ2) is 8.48. The summed E-state index contributed by atoms with van der Waals surface area (Å²) in [6, 6.07) is 8.14. The van der Waals surface area contributed by atoms with Crippen LogP contribution in [0.3, 0.4) is 0 Å². The van der Waals surface area contributed by atoms with Crippen molar-refractivity contribution in [2.75, 3.05) is 19.0 Å². The molecular weight excluding hydrogens is 338 g/mol. The van der Waals surface area contributed by atoms with Gasteiger partial charge in [-0.15, -0.1) is 0 Å². The van der Waals surface area contributed by atoms with Crippen LogP contribution in [-0.4, -0.2) is 35.4 Å². The average molecular weight is 361 g/mol. The fourth-order valence-electron chi connectivity index (χ4n) is 2.46. The lowest BCUT2D eigenvalue weighted by Gasteiger charge is -2.24. The van der Waals surface area contributed by atoms with Crippen molar-refractivity contribution in [3.63, 3.8) is 0 Å². The first-order chi connectivity index (χ1) is 12.3. The maximum Gasteiger partial charge on any atom is 0.296 e. The fourth-order valence-corrected chi connectivity index (χ4v) is 2.46. The van der Waals surface area contributed by atoms with Gasteiger partial charge in [0.05, 0.1) is 31.2 Å². The lowest BCUT2D eigenvalue weighted by molar-refractivity contribution is -0.384. The SMILES string of the molecule is COc1ccc(NC(=O)CN(Cc2ccc(C)o2)C(C)C)c([N+](=O)[O-])c1. The standard InChI is InChI=1S/C18H23N3O5/c1-12(2)20(10-15-6-5-13(3)26-15)11-18(22)19-16-8-7-14(25-4)9-17(16)21(23)24/h5-9,12H,10-11H2,1-4H3,(H,19,22). The van der Waals surface area contributed by atoms with Crippen LogP contribution in [0.4, 0.5) is 11.4 Å². The molecule has 0 saturated carbocycles. The van der Waals surface area contributed by atoms with Crippen LogP contribution in [0.25, 0.3) is 0 Å². The highest BCUT2D eigenvalue weighted by molar-refractivity contribution is 5.94. The van der Waals surface area contributed by atoms with E-state index in [-0.39, 0.29) is 29.9 Å². The quantitative estimate of drug-likeness (QED) is 0.572. The number of anilines is 1. The molecule has 0 aliphatic heterocycles. The minimum Gasteiger partial charge on any atom is -0.496 e. The molecule has 0 atom stereocenters. The van der Waals surface area contributed by atoms with Crippen molar-refractivity contribution in [3.05, 3.63) is 52.0 Å². The number of amides is 1.